The van der Waals surface area contributed by atoms with Crippen LogP contribution in [0.5, 0.6) is 5.75 Å². The number of fused-ring (bicyclic) bond motifs is 1. The molecule has 6 nitrogen and oxygen atoms in total. The molecular weight excluding hydrogens is 278 g/mol. The molecule has 0 radical (unpaired) electrons. The summed E-state index contributed by atoms with van der Waals surface area (Å²) < 4.78 is 0. The van der Waals surface area contributed by atoms with Gasteiger partial charge in [0.2, 0.25) is 0 Å². The van der Waals surface area contributed by atoms with E-state index in [1.54, 1.807) is 24.3 Å². The summed E-state index contributed by atoms with van der Waals surface area (Å²) in [5.74, 6) is 1.25. The Morgan fingerprint density at radius 1 is 1.09 bits per heavy atom. The molecule has 22 heavy (non-hydrogen) atoms. The highest BCUT2D eigenvalue weighted by molar-refractivity contribution is 5.93. The van der Waals surface area contributed by atoms with Crippen LogP contribution in [0, 0.1) is 0 Å². The van der Waals surface area contributed by atoms with Crippen molar-refractivity contribution >= 4 is 22.4 Å². The number of aromatic nitrogens is 2. The minimum absolute atomic E-state index is 0.141. The Bertz CT molecular complexity index is 819. The van der Waals surface area contributed by atoms with Gasteiger partial charge in [-0.05, 0) is 30.3 Å². The minimum Gasteiger partial charge on any atom is -0.507 e. The third-order valence-corrected chi connectivity index (χ3v) is 3.30. The number of aromatic hydroxyl groups is 1. The van der Waals surface area contributed by atoms with E-state index >= 15 is 0 Å². The summed E-state index contributed by atoms with van der Waals surface area (Å²) in [6.45, 7) is 1.07. The number of hydrogen-bond donors (Lipinski definition) is 4. The van der Waals surface area contributed by atoms with E-state index in [1.165, 1.54) is 0 Å². The number of nitrogens with zero attached hydrogens (tertiary/aromatic N) is 2. The third kappa shape index (κ3) is 2.64. The van der Waals surface area contributed by atoms with Crippen LogP contribution in [0.1, 0.15) is 0 Å². The maximum Gasteiger partial charge on any atom is 0.165 e. The molecule has 6 heteroatoms. The number of para-hydroxylation sites is 1. The summed E-state index contributed by atoms with van der Waals surface area (Å²) >= 11 is 0. The summed E-state index contributed by atoms with van der Waals surface area (Å²) in [4.78, 5) is 9.04. The Morgan fingerprint density at radius 2 is 1.91 bits per heavy atom. The Morgan fingerprint density at radius 3 is 2.68 bits per heavy atom. The second-order valence-electron chi connectivity index (χ2n) is 4.91. The molecule has 6 N–H and O–H groups in total. The van der Waals surface area contributed by atoms with Crippen molar-refractivity contribution in [2.45, 2.75) is 0 Å². The molecule has 1 heterocycles. The molecule has 112 valence electrons. The first-order chi connectivity index (χ1) is 10.7. The van der Waals surface area contributed by atoms with Crippen molar-refractivity contribution in [3.63, 3.8) is 0 Å². The molecule has 3 aromatic rings. The lowest BCUT2D eigenvalue weighted by molar-refractivity contribution is 0.477. The Hall–Kier alpha value is -2.86. The van der Waals surface area contributed by atoms with Gasteiger partial charge in [-0.25, -0.2) is 9.97 Å². The first kappa shape index (κ1) is 14.1. The fraction of sp³-hybridized carbons (Fsp3) is 0.125. The normalized spacial score (nSPS) is 10.8. The first-order valence-corrected chi connectivity index (χ1v) is 6.98. The molecule has 1 aromatic heterocycles. The predicted octanol–water partition coefficient (Wildman–Crippen LogP) is 1.96. The van der Waals surface area contributed by atoms with E-state index in [4.69, 9.17) is 11.5 Å². The van der Waals surface area contributed by atoms with Gasteiger partial charge in [-0.15, -0.1) is 0 Å². The van der Waals surface area contributed by atoms with Crippen molar-refractivity contribution in [3.8, 4) is 17.1 Å². The maximum atomic E-state index is 10.0. The quantitative estimate of drug-likeness (QED) is 0.548. The standard InChI is InChI=1S/C16H17N5O/c17-7-8-19-15-12-9-10(18)5-6-13(12)20-16(21-15)11-3-1-2-4-14(11)22/h1-6,9,22H,7-8,17-18H2,(H,19,20,21). The van der Waals surface area contributed by atoms with Crippen LogP contribution in [0.15, 0.2) is 42.5 Å². The van der Waals surface area contributed by atoms with Crippen molar-refractivity contribution in [2.75, 3.05) is 24.1 Å². The van der Waals surface area contributed by atoms with Crippen LogP contribution in [0.4, 0.5) is 11.5 Å². The second-order valence-corrected chi connectivity index (χ2v) is 4.91. The lowest BCUT2D eigenvalue weighted by atomic mass is 10.1. The average Bonchev–Trinajstić information content (AvgIpc) is 2.53. The Kier molecular flexibility index (Phi) is 3.76. The molecule has 2 aromatic carbocycles. The van der Waals surface area contributed by atoms with Crippen LogP contribution in [0.25, 0.3) is 22.3 Å². The van der Waals surface area contributed by atoms with Gasteiger partial charge < -0.3 is 21.9 Å². The van der Waals surface area contributed by atoms with Crippen LogP contribution < -0.4 is 16.8 Å². The highest BCUT2D eigenvalue weighted by atomic mass is 16.3. The summed E-state index contributed by atoms with van der Waals surface area (Å²) in [5, 5.41) is 14.0. The smallest absolute Gasteiger partial charge is 0.165 e. The topological polar surface area (TPSA) is 110 Å². The van der Waals surface area contributed by atoms with Gasteiger partial charge >= 0.3 is 0 Å². The van der Waals surface area contributed by atoms with Gasteiger partial charge in [0, 0.05) is 24.2 Å². The predicted molar refractivity (Wildman–Crippen MR) is 88.6 cm³/mol. The van der Waals surface area contributed by atoms with E-state index in [1.807, 2.05) is 18.2 Å². The lowest BCUT2D eigenvalue weighted by Crippen LogP contribution is -2.14. The zero-order valence-corrected chi connectivity index (χ0v) is 12.0. The third-order valence-electron chi connectivity index (χ3n) is 3.30. The molecule has 0 amide bonds. The summed E-state index contributed by atoms with van der Waals surface area (Å²) in [6, 6.07) is 12.4. The number of nitrogen functional groups attached to an aromatic ring is 1. The summed E-state index contributed by atoms with van der Waals surface area (Å²) in [7, 11) is 0. The number of rotatable bonds is 4. The maximum absolute atomic E-state index is 10.0. The summed E-state index contributed by atoms with van der Waals surface area (Å²) in [6.07, 6.45) is 0. The first-order valence-electron chi connectivity index (χ1n) is 6.98. The Labute approximate surface area is 127 Å². The number of nitrogens with one attached hydrogen (secondary N) is 1. The molecule has 0 aliphatic rings. The van der Waals surface area contributed by atoms with Gasteiger partial charge in [0.25, 0.3) is 0 Å². The van der Waals surface area contributed by atoms with Crippen LogP contribution in [-0.4, -0.2) is 28.2 Å². The van der Waals surface area contributed by atoms with Crippen LogP contribution in [0.2, 0.25) is 0 Å². The van der Waals surface area contributed by atoms with E-state index in [0.29, 0.717) is 36.0 Å². The van der Waals surface area contributed by atoms with Crippen molar-refractivity contribution in [2.24, 2.45) is 5.73 Å². The molecule has 3 rings (SSSR count). The molecule has 0 atom stereocenters. The second kappa shape index (κ2) is 5.87. The molecule has 0 bridgehead atoms. The zero-order chi connectivity index (χ0) is 15.5. The van der Waals surface area contributed by atoms with Crippen LogP contribution in [-0.2, 0) is 0 Å². The van der Waals surface area contributed by atoms with E-state index in [2.05, 4.69) is 15.3 Å². The fourth-order valence-corrected chi connectivity index (χ4v) is 2.25. The van der Waals surface area contributed by atoms with Crippen molar-refractivity contribution in [3.05, 3.63) is 42.5 Å². The van der Waals surface area contributed by atoms with Crippen molar-refractivity contribution in [1.29, 1.82) is 0 Å². The van der Waals surface area contributed by atoms with E-state index < -0.39 is 0 Å². The molecule has 0 saturated carbocycles. The zero-order valence-electron chi connectivity index (χ0n) is 12.0. The molecule has 0 saturated heterocycles. The van der Waals surface area contributed by atoms with Gasteiger partial charge in [-0.1, -0.05) is 12.1 Å². The molecule has 0 aliphatic carbocycles. The van der Waals surface area contributed by atoms with Gasteiger partial charge in [-0.2, -0.15) is 0 Å². The van der Waals surface area contributed by atoms with Gasteiger partial charge in [0.05, 0.1) is 11.1 Å². The van der Waals surface area contributed by atoms with Crippen molar-refractivity contribution in [1.82, 2.24) is 9.97 Å². The SMILES string of the molecule is NCCNc1nc(-c2ccccc2O)nc2ccc(N)cc12. The van der Waals surface area contributed by atoms with Crippen LogP contribution in [0.3, 0.4) is 0 Å². The molecule has 0 spiro atoms. The van der Waals surface area contributed by atoms with E-state index in [-0.39, 0.29) is 5.75 Å². The molecule has 0 unspecified atom stereocenters. The lowest BCUT2D eigenvalue weighted by Gasteiger charge is -2.11. The number of nitrogens with two attached hydrogens (primary N) is 2. The van der Waals surface area contributed by atoms with Crippen LogP contribution >= 0.6 is 0 Å². The number of benzene rings is 2. The highest BCUT2D eigenvalue weighted by Crippen LogP contribution is 2.30. The molecular formula is C16H17N5O. The number of hydrogen-bond acceptors (Lipinski definition) is 6. The number of phenols is 1. The highest BCUT2D eigenvalue weighted by Gasteiger charge is 2.12. The fourth-order valence-electron chi connectivity index (χ4n) is 2.25. The summed E-state index contributed by atoms with van der Waals surface area (Å²) in [5.41, 5.74) is 13.4. The van der Waals surface area contributed by atoms with Gasteiger partial charge in [-0.3, -0.25) is 0 Å². The number of anilines is 2. The van der Waals surface area contributed by atoms with E-state index in [9.17, 15) is 5.11 Å². The Balaban J connectivity index is 2.20. The largest absolute Gasteiger partial charge is 0.507 e. The average molecular weight is 295 g/mol. The van der Waals surface area contributed by atoms with E-state index in [0.717, 1.165) is 10.9 Å². The molecule has 0 aliphatic heterocycles. The van der Waals surface area contributed by atoms with Crippen molar-refractivity contribution < 1.29 is 5.11 Å². The van der Waals surface area contributed by atoms with Gasteiger partial charge in [0.15, 0.2) is 5.82 Å². The van der Waals surface area contributed by atoms with Gasteiger partial charge in [0.1, 0.15) is 11.6 Å². The minimum atomic E-state index is 0.141. The monoisotopic (exact) mass is 295 g/mol. The number of phenolic OH excluding ortho intramolecular Hbond substituents is 1. The molecule has 0 fully saturated rings.